The van der Waals surface area contributed by atoms with E-state index in [9.17, 15) is 9.59 Å². The van der Waals surface area contributed by atoms with Gasteiger partial charge in [0.1, 0.15) is 9.88 Å². The van der Waals surface area contributed by atoms with E-state index in [1.807, 2.05) is 49.1 Å². The zero-order valence-electron chi connectivity index (χ0n) is 16.9. The number of amides is 2. The predicted octanol–water partition coefficient (Wildman–Crippen LogP) is 5.57. The largest absolute Gasteiger partial charge is 0.339 e. The van der Waals surface area contributed by atoms with E-state index in [2.05, 4.69) is 10.3 Å². The fraction of sp³-hybridized carbons (Fsp3) is 0.261. The molecule has 5 nitrogen and oxygen atoms in total. The lowest BCUT2D eigenvalue weighted by Gasteiger charge is -2.18. The number of carbonyl (C=O) groups is 2. The fourth-order valence-corrected chi connectivity index (χ4v) is 4.91. The Bertz CT molecular complexity index is 1120. The summed E-state index contributed by atoms with van der Waals surface area (Å²) in [6, 6.07) is 12.9. The lowest BCUT2D eigenvalue weighted by atomic mass is 10.1. The van der Waals surface area contributed by atoms with Crippen molar-refractivity contribution in [2.24, 2.45) is 0 Å². The zero-order chi connectivity index (χ0) is 21.3. The molecule has 0 bridgehead atoms. The summed E-state index contributed by atoms with van der Waals surface area (Å²) in [5.74, 6) is -0.215. The van der Waals surface area contributed by atoms with Gasteiger partial charge in [0.15, 0.2) is 0 Å². The third kappa shape index (κ3) is 3.98. The number of nitrogens with zero attached hydrogens (tertiary/aromatic N) is 2. The van der Waals surface area contributed by atoms with E-state index in [1.54, 1.807) is 12.1 Å². The first kappa shape index (κ1) is 20.6. The molecule has 2 amide bonds. The number of anilines is 1. The van der Waals surface area contributed by atoms with Crippen LogP contribution in [0.15, 0.2) is 42.5 Å². The first-order chi connectivity index (χ1) is 14.5. The smallest absolute Gasteiger partial charge is 0.267 e. The molecule has 154 valence electrons. The third-order valence-electron chi connectivity index (χ3n) is 5.31. The molecule has 3 aromatic rings. The summed E-state index contributed by atoms with van der Waals surface area (Å²) in [6.45, 7) is 5.26. The standard InChI is InChI=1S/C23H22ClN3O2S/c1-14-16(23(29)27-12-5-6-13-27)9-7-11-19(14)26-21(28)20-15(2)25-22(30-20)17-8-3-4-10-18(17)24/h3-4,7-11H,5-6,12-13H2,1-2H3,(H,26,28). The summed E-state index contributed by atoms with van der Waals surface area (Å²) in [7, 11) is 0. The first-order valence-electron chi connectivity index (χ1n) is 9.88. The van der Waals surface area contributed by atoms with Gasteiger partial charge >= 0.3 is 0 Å². The average molecular weight is 440 g/mol. The lowest BCUT2D eigenvalue weighted by molar-refractivity contribution is 0.0791. The molecule has 0 spiro atoms. The van der Waals surface area contributed by atoms with Crippen LogP contribution in [0.4, 0.5) is 5.69 Å². The molecule has 0 radical (unpaired) electrons. The minimum atomic E-state index is -0.239. The summed E-state index contributed by atoms with van der Waals surface area (Å²) in [5, 5.41) is 4.27. The molecule has 7 heteroatoms. The van der Waals surface area contributed by atoms with Gasteiger partial charge in [-0.2, -0.15) is 0 Å². The number of thiazole rings is 1. The molecule has 2 heterocycles. The van der Waals surface area contributed by atoms with Gasteiger partial charge < -0.3 is 10.2 Å². The highest BCUT2D eigenvalue weighted by molar-refractivity contribution is 7.17. The van der Waals surface area contributed by atoms with E-state index >= 15 is 0 Å². The van der Waals surface area contributed by atoms with Gasteiger partial charge in [-0.25, -0.2) is 4.98 Å². The Morgan fingerprint density at radius 1 is 1.07 bits per heavy atom. The highest BCUT2D eigenvalue weighted by atomic mass is 35.5. The van der Waals surface area contributed by atoms with Crippen LogP contribution in [0.5, 0.6) is 0 Å². The Labute approximate surface area is 184 Å². The molecule has 1 saturated heterocycles. The number of benzene rings is 2. The summed E-state index contributed by atoms with van der Waals surface area (Å²) in [6.07, 6.45) is 2.08. The average Bonchev–Trinajstić information content (AvgIpc) is 3.39. The van der Waals surface area contributed by atoms with Crippen LogP contribution in [-0.4, -0.2) is 34.8 Å². The second kappa shape index (κ2) is 8.58. The van der Waals surface area contributed by atoms with Crippen LogP contribution in [-0.2, 0) is 0 Å². The molecule has 0 saturated carbocycles. The van der Waals surface area contributed by atoms with Crippen molar-refractivity contribution >= 4 is 40.4 Å². The molecule has 1 aromatic heterocycles. The summed E-state index contributed by atoms with van der Waals surface area (Å²) in [4.78, 5) is 32.7. The minimum absolute atomic E-state index is 0.0241. The molecule has 1 aliphatic rings. The number of nitrogens with one attached hydrogen (secondary N) is 1. The lowest BCUT2D eigenvalue weighted by Crippen LogP contribution is -2.28. The monoisotopic (exact) mass is 439 g/mol. The van der Waals surface area contributed by atoms with Crippen LogP contribution in [0.25, 0.3) is 10.6 Å². The molecule has 1 aliphatic heterocycles. The Hall–Kier alpha value is -2.70. The fourth-order valence-electron chi connectivity index (χ4n) is 3.63. The molecule has 1 N–H and O–H groups in total. The Kier molecular flexibility index (Phi) is 5.88. The van der Waals surface area contributed by atoms with Gasteiger partial charge in [0.2, 0.25) is 0 Å². The maximum absolute atomic E-state index is 13.0. The SMILES string of the molecule is Cc1nc(-c2ccccc2Cl)sc1C(=O)Nc1cccc(C(=O)N2CCCC2)c1C. The van der Waals surface area contributed by atoms with E-state index in [0.717, 1.165) is 37.1 Å². The van der Waals surface area contributed by atoms with Gasteiger partial charge in [-0.15, -0.1) is 11.3 Å². The number of aryl methyl sites for hydroxylation is 1. The molecular formula is C23H22ClN3O2S. The predicted molar refractivity (Wildman–Crippen MR) is 122 cm³/mol. The number of hydrogen-bond donors (Lipinski definition) is 1. The van der Waals surface area contributed by atoms with Crippen LogP contribution in [0.3, 0.4) is 0 Å². The van der Waals surface area contributed by atoms with Crippen LogP contribution in [0.1, 0.15) is 44.1 Å². The summed E-state index contributed by atoms with van der Waals surface area (Å²) < 4.78 is 0. The second-order valence-electron chi connectivity index (χ2n) is 7.34. The Morgan fingerprint density at radius 3 is 2.53 bits per heavy atom. The van der Waals surface area contributed by atoms with Crippen molar-refractivity contribution in [3.63, 3.8) is 0 Å². The van der Waals surface area contributed by atoms with E-state index in [1.165, 1.54) is 11.3 Å². The zero-order valence-corrected chi connectivity index (χ0v) is 18.4. The third-order valence-corrected chi connectivity index (χ3v) is 6.83. The van der Waals surface area contributed by atoms with E-state index < -0.39 is 0 Å². The quantitative estimate of drug-likeness (QED) is 0.578. The first-order valence-corrected chi connectivity index (χ1v) is 11.1. The molecule has 0 unspecified atom stereocenters. The van der Waals surface area contributed by atoms with E-state index in [4.69, 9.17) is 11.6 Å². The van der Waals surface area contributed by atoms with Gasteiger partial charge in [-0.1, -0.05) is 35.9 Å². The molecule has 0 atom stereocenters. The van der Waals surface area contributed by atoms with E-state index in [-0.39, 0.29) is 11.8 Å². The summed E-state index contributed by atoms with van der Waals surface area (Å²) in [5.41, 5.74) is 3.50. The van der Waals surface area contributed by atoms with Gasteiger partial charge in [-0.3, -0.25) is 9.59 Å². The van der Waals surface area contributed by atoms with Crippen molar-refractivity contribution in [3.05, 3.63) is 69.2 Å². The van der Waals surface area contributed by atoms with Crippen LogP contribution in [0.2, 0.25) is 5.02 Å². The van der Waals surface area contributed by atoms with Gasteiger partial charge in [0.25, 0.3) is 11.8 Å². The molecule has 30 heavy (non-hydrogen) atoms. The summed E-state index contributed by atoms with van der Waals surface area (Å²) >= 11 is 7.59. The van der Waals surface area contributed by atoms with Gasteiger partial charge in [0.05, 0.1) is 10.7 Å². The molecule has 2 aromatic carbocycles. The van der Waals surface area contributed by atoms with Crippen molar-refractivity contribution in [2.75, 3.05) is 18.4 Å². The maximum atomic E-state index is 13.0. The highest BCUT2D eigenvalue weighted by Crippen LogP contribution is 2.33. The van der Waals surface area contributed by atoms with Crippen molar-refractivity contribution in [1.29, 1.82) is 0 Å². The number of likely N-dealkylation sites (tertiary alicyclic amines) is 1. The number of carbonyl (C=O) groups excluding carboxylic acids is 2. The van der Waals surface area contributed by atoms with E-state index in [0.29, 0.717) is 31.9 Å². The van der Waals surface area contributed by atoms with Gasteiger partial charge in [-0.05, 0) is 50.5 Å². The van der Waals surface area contributed by atoms with Crippen molar-refractivity contribution in [2.45, 2.75) is 26.7 Å². The van der Waals surface area contributed by atoms with Crippen molar-refractivity contribution in [1.82, 2.24) is 9.88 Å². The van der Waals surface area contributed by atoms with Crippen molar-refractivity contribution < 1.29 is 9.59 Å². The molecule has 0 aliphatic carbocycles. The molecular weight excluding hydrogens is 418 g/mol. The van der Waals surface area contributed by atoms with Crippen LogP contribution in [0, 0.1) is 13.8 Å². The number of halogens is 1. The van der Waals surface area contributed by atoms with Gasteiger partial charge in [0, 0.05) is 29.9 Å². The molecule has 4 rings (SSSR count). The van der Waals surface area contributed by atoms with Crippen molar-refractivity contribution in [3.8, 4) is 10.6 Å². The molecule has 1 fully saturated rings. The topological polar surface area (TPSA) is 62.3 Å². The highest BCUT2D eigenvalue weighted by Gasteiger charge is 2.23. The number of aromatic nitrogens is 1. The second-order valence-corrected chi connectivity index (χ2v) is 8.75. The van der Waals surface area contributed by atoms with Crippen LogP contribution < -0.4 is 5.32 Å². The number of hydrogen-bond acceptors (Lipinski definition) is 4. The minimum Gasteiger partial charge on any atom is -0.339 e. The Balaban J connectivity index is 1.58. The normalized spacial score (nSPS) is 13.5. The Morgan fingerprint density at radius 2 is 1.80 bits per heavy atom. The van der Waals surface area contributed by atoms with Crippen LogP contribution >= 0.6 is 22.9 Å². The number of rotatable bonds is 4. The maximum Gasteiger partial charge on any atom is 0.267 e.